The minimum Gasteiger partial charge on any atom is -0.271 e. The molecule has 3 rings (SSSR count). The molecule has 1 fully saturated rings. The molecular weight excluding hydrogens is 248 g/mol. The molecule has 4 heteroatoms. The molecule has 2 aliphatic rings. The molecule has 1 saturated carbocycles. The first-order valence-corrected chi connectivity index (χ1v) is 8.51. The van der Waals surface area contributed by atoms with Crippen molar-refractivity contribution in [1.82, 2.24) is 5.43 Å². The maximum atomic E-state index is 5.79. The van der Waals surface area contributed by atoms with Gasteiger partial charge in [0.2, 0.25) is 0 Å². The van der Waals surface area contributed by atoms with Crippen molar-refractivity contribution < 1.29 is 0 Å². The summed E-state index contributed by atoms with van der Waals surface area (Å²) in [4.78, 5) is 3.09. The van der Waals surface area contributed by atoms with E-state index in [1.165, 1.54) is 48.5 Å². The van der Waals surface area contributed by atoms with Gasteiger partial charge in [0, 0.05) is 15.5 Å². The summed E-state index contributed by atoms with van der Waals surface area (Å²) in [5.74, 6) is 9.04. The van der Waals surface area contributed by atoms with E-state index in [9.17, 15) is 0 Å². The van der Waals surface area contributed by atoms with E-state index >= 15 is 0 Å². The summed E-state index contributed by atoms with van der Waals surface area (Å²) < 4.78 is 0. The molecular formula is C13H20N2S2. The molecule has 1 aromatic rings. The van der Waals surface area contributed by atoms with Crippen LogP contribution in [0.15, 0.2) is 6.07 Å². The normalized spacial score (nSPS) is 22.6. The zero-order chi connectivity index (χ0) is 11.7. The van der Waals surface area contributed by atoms with Crippen molar-refractivity contribution >= 4 is 23.1 Å². The second kappa shape index (κ2) is 5.31. The quantitative estimate of drug-likeness (QED) is 0.653. The van der Waals surface area contributed by atoms with Crippen LogP contribution in [0.3, 0.4) is 0 Å². The van der Waals surface area contributed by atoms with E-state index in [4.69, 9.17) is 5.84 Å². The lowest BCUT2D eigenvalue weighted by molar-refractivity contribution is 0.378. The van der Waals surface area contributed by atoms with Gasteiger partial charge in [-0.05, 0) is 42.6 Å². The summed E-state index contributed by atoms with van der Waals surface area (Å²) in [5.41, 5.74) is 4.64. The number of fused-ring (bicyclic) bond motifs is 1. The topological polar surface area (TPSA) is 38.0 Å². The third-order valence-corrected chi connectivity index (χ3v) is 6.33. The van der Waals surface area contributed by atoms with E-state index < -0.39 is 0 Å². The van der Waals surface area contributed by atoms with Gasteiger partial charge < -0.3 is 0 Å². The highest BCUT2D eigenvalue weighted by atomic mass is 32.2. The maximum absolute atomic E-state index is 5.79. The lowest BCUT2D eigenvalue weighted by Crippen LogP contribution is -2.32. The molecule has 0 amide bonds. The van der Waals surface area contributed by atoms with Gasteiger partial charge in [0.1, 0.15) is 0 Å². The fourth-order valence-corrected chi connectivity index (χ4v) is 5.60. The number of hydrogen-bond donors (Lipinski definition) is 2. The Balaban J connectivity index is 1.83. The summed E-state index contributed by atoms with van der Waals surface area (Å²) in [7, 11) is 0. The zero-order valence-corrected chi connectivity index (χ0v) is 11.7. The first kappa shape index (κ1) is 12.0. The molecule has 1 aliphatic heterocycles. The molecule has 2 heterocycles. The largest absolute Gasteiger partial charge is 0.271 e. The van der Waals surface area contributed by atoms with Crippen molar-refractivity contribution in [2.24, 2.45) is 11.8 Å². The molecule has 94 valence electrons. The third-order valence-electron chi connectivity index (χ3n) is 4.00. The lowest BCUT2D eigenvalue weighted by Gasteiger charge is -2.21. The van der Waals surface area contributed by atoms with Crippen molar-refractivity contribution in [3.8, 4) is 0 Å². The Morgan fingerprint density at radius 2 is 2.18 bits per heavy atom. The Morgan fingerprint density at radius 1 is 1.35 bits per heavy atom. The van der Waals surface area contributed by atoms with Gasteiger partial charge >= 0.3 is 0 Å². The number of hydrogen-bond acceptors (Lipinski definition) is 4. The summed E-state index contributed by atoms with van der Waals surface area (Å²) in [6.07, 6.45) is 6.69. The van der Waals surface area contributed by atoms with Gasteiger partial charge in [0.05, 0.1) is 6.04 Å². The van der Waals surface area contributed by atoms with Gasteiger partial charge in [0.15, 0.2) is 0 Å². The fourth-order valence-electron chi connectivity index (χ4n) is 3.06. The van der Waals surface area contributed by atoms with Crippen LogP contribution in [0.4, 0.5) is 0 Å². The molecule has 2 nitrogen and oxygen atoms in total. The van der Waals surface area contributed by atoms with Crippen LogP contribution in [0.5, 0.6) is 0 Å². The number of hydrazine groups is 1. The smallest absolute Gasteiger partial charge is 0.0581 e. The minimum absolute atomic E-state index is 0.401. The third kappa shape index (κ3) is 2.41. The number of rotatable bonds is 3. The molecule has 3 N–H and O–H groups in total. The van der Waals surface area contributed by atoms with Crippen LogP contribution in [0.2, 0.25) is 0 Å². The van der Waals surface area contributed by atoms with Crippen molar-refractivity contribution in [3.63, 3.8) is 0 Å². The molecule has 0 bridgehead atoms. The van der Waals surface area contributed by atoms with E-state index in [1.54, 1.807) is 10.4 Å². The monoisotopic (exact) mass is 268 g/mol. The molecule has 1 atom stereocenters. The van der Waals surface area contributed by atoms with Gasteiger partial charge in [-0.25, -0.2) is 0 Å². The van der Waals surface area contributed by atoms with E-state index in [0.717, 1.165) is 5.92 Å². The summed E-state index contributed by atoms with van der Waals surface area (Å²) in [6.45, 7) is 0. The lowest BCUT2D eigenvalue weighted by atomic mass is 9.97. The number of thioether (sulfide) groups is 1. The molecule has 1 aliphatic carbocycles. The van der Waals surface area contributed by atoms with Gasteiger partial charge in [-0.15, -0.1) is 11.3 Å². The minimum atomic E-state index is 0.401. The van der Waals surface area contributed by atoms with Crippen LogP contribution in [0.1, 0.15) is 47.0 Å². The SMILES string of the molecule is NNC(c1cc2c(s1)CCSC2)C1CCCC1. The molecule has 17 heavy (non-hydrogen) atoms. The molecule has 1 aromatic heterocycles. The van der Waals surface area contributed by atoms with Crippen LogP contribution >= 0.6 is 23.1 Å². The molecule has 0 radical (unpaired) electrons. The second-order valence-electron chi connectivity index (χ2n) is 5.09. The highest BCUT2D eigenvalue weighted by Crippen LogP contribution is 2.40. The average Bonchev–Trinajstić information content (AvgIpc) is 2.98. The summed E-state index contributed by atoms with van der Waals surface area (Å²) in [5, 5.41) is 0. The highest BCUT2D eigenvalue weighted by molar-refractivity contribution is 7.98. The second-order valence-corrected chi connectivity index (χ2v) is 7.36. The Labute approximate surface area is 111 Å². The van der Waals surface area contributed by atoms with Crippen LogP contribution in [0.25, 0.3) is 0 Å². The van der Waals surface area contributed by atoms with Crippen LogP contribution in [-0.2, 0) is 12.2 Å². The predicted molar refractivity (Wildman–Crippen MR) is 76.2 cm³/mol. The number of thiophene rings is 1. The molecule has 0 spiro atoms. The first-order valence-electron chi connectivity index (χ1n) is 6.54. The Hall–Kier alpha value is -0.0300. The predicted octanol–water partition coefficient (Wildman–Crippen LogP) is 3.23. The van der Waals surface area contributed by atoms with Gasteiger partial charge in [0.25, 0.3) is 0 Å². The Morgan fingerprint density at radius 3 is 2.88 bits per heavy atom. The zero-order valence-electron chi connectivity index (χ0n) is 10.1. The molecule has 1 unspecified atom stereocenters. The molecule has 0 aromatic carbocycles. The number of nitrogens with two attached hydrogens (primary N) is 1. The van der Waals surface area contributed by atoms with Gasteiger partial charge in [-0.3, -0.25) is 11.3 Å². The summed E-state index contributed by atoms with van der Waals surface area (Å²) in [6, 6.07) is 2.81. The van der Waals surface area contributed by atoms with Crippen molar-refractivity contribution in [2.75, 3.05) is 5.75 Å². The highest BCUT2D eigenvalue weighted by Gasteiger charge is 2.28. The van der Waals surface area contributed by atoms with Crippen LogP contribution in [-0.4, -0.2) is 5.75 Å². The van der Waals surface area contributed by atoms with Crippen molar-refractivity contribution in [2.45, 2.75) is 43.9 Å². The standard InChI is InChI=1S/C13H20N2S2/c14-15-13(9-3-1-2-4-9)12-7-10-8-16-6-5-11(10)17-12/h7,9,13,15H,1-6,8,14H2. The Kier molecular flexibility index (Phi) is 3.75. The van der Waals surface area contributed by atoms with Crippen molar-refractivity contribution in [3.05, 3.63) is 21.4 Å². The number of nitrogens with one attached hydrogen (secondary N) is 1. The Bertz CT molecular complexity index is 359. The van der Waals surface area contributed by atoms with E-state index in [0.29, 0.717) is 6.04 Å². The van der Waals surface area contributed by atoms with E-state index in [-0.39, 0.29) is 0 Å². The first-order chi connectivity index (χ1) is 8.38. The van der Waals surface area contributed by atoms with Crippen LogP contribution in [0, 0.1) is 5.92 Å². The van der Waals surface area contributed by atoms with Crippen molar-refractivity contribution in [1.29, 1.82) is 0 Å². The molecule has 0 saturated heterocycles. The van der Waals surface area contributed by atoms with Crippen LogP contribution < -0.4 is 11.3 Å². The van der Waals surface area contributed by atoms with Gasteiger partial charge in [-0.1, -0.05) is 12.8 Å². The average molecular weight is 268 g/mol. The maximum Gasteiger partial charge on any atom is 0.0581 e. The number of aryl methyl sites for hydroxylation is 1. The van der Waals surface area contributed by atoms with E-state index in [2.05, 4.69) is 23.3 Å². The van der Waals surface area contributed by atoms with Gasteiger partial charge in [-0.2, -0.15) is 11.8 Å². The summed E-state index contributed by atoms with van der Waals surface area (Å²) >= 11 is 4.06. The van der Waals surface area contributed by atoms with E-state index in [1.807, 2.05) is 11.3 Å². The fraction of sp³-hybridized carbons (Fsp3) is 0.692.